The lowest BCUT2D eigenvalue weighted by Crippen LogP contribution is -2.32. The van der Waals surface area contributed by atoms with Crippen molar-refractivity contribution in [2.45, 2.75) is 19.4 Å². The maximum absolute atomic E-state index is 5.76. The van der Waals surface area contributed by atoms with Crippen molar-refractivity contribution in [2.24, 2.45) is 4.99 Å². The van der Waals surface area contributed by atoms with Crippen molar-refractivity contribution in [1.29, 1.82) is 0 Å². The summed E-state index contributed by atoms with van der Waals surface area (Å²) >= 11 is 0. The van der Waals surface area contributed by atoms with Gasteiger partial charge in [-0.25, -0.2) is 4.98 Å². The molecule has 2 aromatic carbocycles. The van der Waals surface area contributed by atoms with E-state index in [1.54, 1.807) is 14.2 Å². The summed E-state index contributed by atoms with van der Waals surface area (Å²) in [6.45, 7) is 2.86. The number of aromatic nitrogens is 2. The number of hydrogen-bond donors (Lipinski definition) is 2. The molecule has 0 fully saturated rings. The Morgan fingerprint density at radius 3 is 2.72 bits per heavy atom. The summed E-state index contributed by atoms with van der Waals surface area (Å²) in [4.78, 5) is 8.83. The molecule has 1 aromatic heterocycles. The smallest absolute Gasteiger partial charge is 0.195 e. The van der Waals surface area contributed by atoms with E-state index in [9.17, 15) is 0 Å². The Hall–Kier alpha value is -2.59. The predicted molar refractivity (Wildman–Crippen MR) is 140 cm³/mol. The fraction of sp³-hybridized carbons (Fsp3) is 0.333. The molecule has 3 aromatic rings. The summed E-state index contributed by atoms with van der Waals surface area (Å²) in [5.41, 5.74) is 2.18. The number of methoxy groups -OCH3 is 1. The van der Waals surface area contributed by atoms with Crippen LogP contribution in [0, 0.1) is 0 Å². The second kappa shape index (κ2) is 14.5. The monoisotopic (exact) mass is 549 g/mol. The van der Waals surface area contributed by atoms with Crippen LogP contribution in [-0.2, 0) is 17.7 Å². The molecule has 32 heavy (non-hydrogen) atoms. The molecule has 2 N–H and O–H groups in total. The van der Waals surface area contributed by atoms with E-state index >= 15 is 0 Å². The summed E-state index contributed by atoms with van der Waals surface area (Å²) < 4.78 is 13.0. The van der Waals surface area contributed by atoms with E-state index in [0.717, 1.165) is 43.2 Å². The highest BCUT2D eigenvalue weighted by atomic mass is 127. The first-order valence-corrected chi connectivity index (χ1v) is 10.5. The number of halogens is 1. The number of anilines is 1. The van der Waals surface area contributed by atoms with E-state index in [2.05, 4.69) is 49.4 Å². The van der Waals surface area contributed by atoms with E-state index in [1.807, 2.05) is 42.7 Å². The molecule has 172 valence electrons. The molecule has 0 aliphatic carbocycles. The Labute approximate surface area is 207 Å². The summed E-state index contributed by atoms with van der Waals surface area (Å²) in [6.07, 6.45) is 5.53. The number of nitrogens with zero attached hydrogens (tertiary/aromatic N) is 3. The van der Waals surface area contributed by atoms with Gasteiger partial charge >= 0.3 is 0 Å². The molecule has 0 unspecified atom stereocenters. The molecule has 1 heterocycles. The quantitative estimate of drug-likeness (QED) is 0.163. The van der Waals surface area contributed by atoms with Gasteiger partial charge in [-0.15, -0.1) is 24.0 Å². The van der Waals surface area contributed by atoms with Gasteiger partial charge in [-0.1, -0.05) is 36.4 Å². The highest BCUT2D eigenvalue weighted by molar-refractivity contribution is 14.0. The number of ether oxygens (including phenoxy) is 2. The number of nitrogens with one attached hydrogen (secondary N) is 2. The van der Waals surface area contributed by atoms with Crippen LogP contribution < -0.4 is 15.4 Å². The normalized spacial score (nSPS) is 11.0. The van der Waals surface area contributed by atoms with Gasteiger partial charge in [0.1, 0.15) is 11.6 Å². The van der Waals surface area contributed by atoms with Gasteiger partial charge in [-0.2, -0.15) is 0 Å². The van der Waals surface area contributed by atoms with Gasteiger partial charge in [0.15, 0.2) is 5.96 Å². The Kier molecular flexibility index (Phi) is 11.6. The number of imidazole rings is 1. The topological polar surface area (TPSA) is 72.7 Å². The maximum Gasteiger partial charge on any atom is 0.195 e. The minimum atomic E-state index is 0. The molecule has 0 saturated carbocycles. The largest absolute Gasteiger partial charge is 0.493 e. The van der Waals surface area contributed by atoms with E-state index in [1.165, 1.54) is 5.56 Å². The predicted octanol–water partition coefficient (Wildman–Crippen LogP) is 4.19. The zero-order chi connectivity index (χ0) is 21.7. The van der Waals surface area contributed by atoms with Crippen molar-refractivity contribution in [3.63, 3.8) is 0 Å². The molecule has 0 radical (unpaired) electrons. The first kappa shape index (κ1) is 25.7. The summed E-state index contributed by atoms with van der Waals surface area (Å²) in [6, 6.07) is 18.3. The molecule has 0 atom stereocenters. The van der Waals surface area contributed by atoms with Crippen molar-refractivity contribution >= 4 is 35.6 Å². The zero-order valence-electron chi connectivity index (χ0n) is 18.7. The second-order valence-corrected chi connectivity index (χ2v) is 7.05. The van der Waals surface area contributed by atoms with Crippen molar-refractivity contribution < 1.29 is 9.47 Å². The zero-order valence-corrected chi connectivity index (χ0v) is 21.0. The molecule has 3 rings (SSSR count). The Balaban J connectivity index is 0.00000363. The van der Waals surface area contributed by atoms with Crippen molar-refractivity contribution in [2.75, 3.05) is 39.2 Å². The standard InChI is InChI=1S/C24H31N5O2.HI/c1-25-24(28-21-10-6-11-22(18-21)31-17-7-16-30-2)27-13-12-23-26-14-15-29(23)19-20-8-4-3-5-9-20;/h3-6,8-11,14-15,18H,7,12-13,16-17,19H2,1-2H3,(H2,25,27,28);1H. The van der Waals surface area contributed by atoms with Gasteiger partial charge in [0.2, 0.25) is 0 Å². The molecule has 7 nitrogen and oxygen atoms in total. The van der Waals surface area contributed by atoms with Crippen LogP contribution in [0.5, 0.6) is 5.75 Å². The van der Waals surface area contributed by atoms with E-state index < -0.39 is 0 Å². The average Bonchev–Trinajstić information content (AvgIpc) is 3.24. The maximum atomic E-state index is 5.76. The van der Waals surface area contributed by atoms with Crippen LogP contribution in [0.4, 0.5) is 5.69 Å². The van der Waals surface area contributed by atoms with Crippen LogP contribution in [-0.4, -0.2) is 49.4 Å². The van der Waals surface area contributed by atoms with Crippen LogP contribution in [0.25, 0.3) is 0 Å². The minimum absolute atomic E-state index is 0. The van der Waals surface area contributed by atoms with Gasteiger partial charge < -0.3 is 24.7 Å². The molecule has 0 aliphatic rings. The highest BCUT2D eigenvalue weighted by Crippen LogP contribution is 2.17. The lowest BCUT2D eigenvalue weighted by molar-refractivity contribution is 0.172. The minimum Gasteiger partial charge on any atom is -0.493 e. The number of guanidine groups is 1. The van der Waals surface area contributed by atoms with Crippen molar-refractivity contribution in [1.82, 2.24) is 14.9 Å². The molecule has 0 amide bonds. The molecular weight excluding hydrogens is 517 g/mol. The van der Waals surface area contributed by atoms with Crippen LogP contribution in [0.1, 0.15) is 17.8 Å². The second-order valence-electron chi connectivity index (χ2n) is 7.05. The molecular formula is C24H32IN5O2. The van der Waals surface area contributed by atoms with E-state index in [0.29, 0.717) is 19.2 Å². The van der Waals surface area contributed by atoms with Gasteiger partial charge in [0.25, 0.3) is 0 Å². The third-order valence-corrected chi connectivity index (χ3v) is 4.72. The summed E-state index contributed by atoms with van der Waals surface area (Å²) in [7, 11) is 3.45. The van der Waals surface area contributed by atoms with Crippen molar-refractivity contribution in [3.8, 4) is 5.75 Å². The molecule has 8 heteroatoms. The number of hydrogen-bond acceptors (Lipinski definition) is 4. The van der Waals surface area contributed by atoms with Crippen LogP contribution >= 0.6 is 24.0 Å². The Morgan fingerprint density at radius 2 is 1.94 bits per heavy atom. The number of rotatable bonds is 11. The van der Waals surface area contributed by atoms with E-state index in [-0.39, 0.29) is 24.0 Å². The molecule has 0 saturated heterocycles. The summed E-state index contributed by atoms with van der Waals surface area (Å²) in [5.74, 6) is 2.57. The fourth-order valence-electron chi connectivity index (χ4n) is 3.16. The lowest BCUT2D eigenvalue weighted by Gasteiger charge is -2.14. The van der Waals surface area contributed by atoms with Gasteiger partial charge in [-0.05, 0) is 17.7 Å². The van der Waals surface area contributed by atoms with Crippen molar-refractivity contribution in [3.05, 3.63) is 78.4 Å². The molecule has 0 bridgehead atoms. The van der Waals surface area contributed by atoms with Gasteiger partial charge in [-0.3, -0.25) is 4.99 Å². The third kappa shape index (κ3) is 8.51. The highest BCUT2D eigenvalue weighted by Gasteiger charge is 2.06. The number of aliphatic imine (C=N–C) groups is 1. The first-order valence-electron chi connectivity index (χ1n) is 10.5. The first-order chi connectivity index (χ1) is 15.3. The van der Waals surface area contributed by atoms with Gasteiger partial charge in [0, 0.05) is 70.8 Å². The van der Waals surface area contributed by atoms with Crippen LogP contribution in [0.15, 0.2) is 72.0 Å². The van der Waals surface area contributed by atoms with Crippen LogP contribution in [0.2, 0.25) is 0 Å². The third-order valence-electron chi connectivity index (χ3n) is 4.72. The van der Waals surface area contributed by atoms with Crippen LogP contribution in [0.3, 0.4) is 0 Å². The number of benzene rings is 2. The Bertz CT molecular complexity index is 946. The lowest BCUT2D eigenvalue weighted by atomic mass is 10.2. The Morgan fingerprint density at radius 1 is 1.09 bits per heavy atom. The molecule has 0 spiro atoms. The van der Waals surface area contributed by atoms with Gasteiger partial charge in [0.05, 0.1) is 6.61 Å². The van der Waals surface area contributed by atoms with E-state index in [4.69, 9.17) is 9.47 Å². The average molecular weight is 549 g/mol. The summed E-state index contributed by atoms with van der Waals surface area (Å²) in [5, 5.41) is 6.67. The fourth-order valence-corrected chi connectivity index (χ4v) is 3.16. The molecule has 0 aliphatic heterocycles. The SMILES string of the molecule is CN=C(NCCc1nccn1Cc1ccccc1)Nc1cccc(OCCCOC)c1.I.